The van der Waals surface area contributed by atoms with Crippen LogP contribution in [-0.4, -0.2) is 18.3 Å². The molecule has 1 aliphatic rings. The largest absolute Gasteiger partial charge is 0.461 e. The van der Waals surface area contributed by atoms with Crippen LogP contribution in [0.1, 0.15) is 29.5 Å². The van der Waals surface area contributed by atoms with Crippen LogP contribution in [0.5, 0.6) is 0 Å². The van der Waals surface area contributed by atoms with Gasteiger partial charge in [-0.15, -0.1) is 0 Å². The van der Waals surface area contributed by atoms with Crippen LogP contribution >= 0.6 is 0 Å². The molecular weight excluding hydrogens is 266 g/mol. The van der Waals surface area contributed by atoms with Crippen LogP contribution in [0, 0.1) is 11.3 Å². The third-order valence-corrected chi connectivity index (χ3v) is 3.86. The number of nitrogens with zero attached hydrogens (tertiary/aromatic N) is 1. The summed E-state index contributed by atoms with van der Waals surface area (Å²) < 4.78 is 5.53. The van der Waals surface area contributed by atoms with Crippen LogP contribution in [0.4, 0.5) is 5.82 Å². The molecule has 0 aromatic carbocycles. The molecule has 0 fully saturated rings. The van der Waals surface area contributed by atoms with Gasteiger partial charge in [0, 0.05) is 5.56 Å². The highest BCUT2D eigenvalue weighted by Gasteiger charge is 2.27. The van der Waals surface area contributed by atoms with Gasteiger partial charge in [-0.1, -0.05) is 0 Å². The molecule has 0 atom stereocenters. The highest BCUT2D eigenvalue weighted by atomic mass is 16.3. The van der Waals surface area contributed by atoms with E-state index in [-0.39, 0.29) is 6.61 Å². The zero-order chi connectivity index (χ0) is 14.7. The zero-order valence-corrected chi connectivity index (χ0v) is 11.8. The maximum Gasteiger partial charge on any atom is 0.291 e. The second kappa shape index (κ2) is 5.98. The number of hydrogen-bond donors (Lipinski definition) is 2. The Kier molecular flexibility index (Phi) is 3.89. The highest BCUT2D eigenvalue weighted by Crippen LogP contribution is 2.32. The van der Waals surface area contributed by atoms with E-state index in [1.54, 1.807) is 6.26 Å². The molecular formula is C16H18N3O2+. The van der Waals surface area contributed by atoms with Gasteiger partial charge in [-0.3, -0.25) is 5.32 Å². The molecule has 3 N–H and O–H groups in total. The van der Waals surface area contributed by atoms with Crippen LogP contribution < -0.4 is 10.3 Å². The fourth-order valence-corrected chi connectivity index (χ4v) is 2.94. The number of hydrogen-bond acceptors (Lipinski definition) is 4. The lowest BCUT2D eigenvalue weighted by atomic mass is 9.87. The number of aliphatic hydroxyl groups excluding tert-OH is 1. The van der Waals surface area contributed by atoms with E-state index < -0.39 is 0 Å². The van der Waals surface area contributed by atoms with Gasteiger partial charge in [0.2, 0.25) is 0 Å². The Morgan fingerprint density at radius 3 is 2.81 bits per heavy atom. The van der Waals surface area contributed by atoms with Crippen LogP contribution in [0.3, 0.4) is 0 Å². The molecule has 0 radical (unpaired) electrons. The Balaban J connectivity index is 2.18. The quantitative estimate of drug-likeness (QED) is 0.898. The number of aromatic amines is 1. The number of anilines is 1. The van der Waals surface area contributed by atoms with E-state index in [2.05, 4.69) is 16.4 Å². The average molecular weight is 284 g/mol. The van der Waals surface area contributed by atoms with Gasteiger partial charge < -0.3 is 9.52 Å². The predicted molar refractivity (Wildman–Crippen MR) is 77.6 cm³/mol. The Bertz CT molecular complexity index is 672. The number of aliphatic hydroxyl groups is 1. The first kappa shape index (κ1) is 13.7. The number of fused-ring (bicyclic) bond motifs is 1. The molecule has 5 heteroatoms. The molecule has 0 saturated carbocycles. The van der Waals surface area contributed by atoms with Crippen molar-refractivity contribution in [2.45, 2.75) is 25.7 Å². The van der Waals surface area contributed by atoms with E-state index in [4.69, 9.17) is 9.52 Å². The lowest BCUT2D eigenvalue weighted by molar-refractivity contribution is -0.349. The van der Waals surface area contributed by atoms with Gasteiger partial charge in [-0.2, -0.15) is 5.26 Å². The van der Waals surface area contributed by atoms with E-state index in [1.165, 1.54) is 5.56 Å². The Hall–Kier alpha value is -2.32. The molecule has 2 aromatic heterocycles. The summed E-state index contributed by atoms with van der Waals surface area (Å²) >= 11 is 0. The lowest BCUT2D eigenvalue weighted by Crippen LogP contribution is -2.24. The number of rotatable bonds is 4. The molecule has 3 rings (SSSR count). The van der Waals surface area contributed by atoms with E-state index >= 15 is 0 Å². The summed E-state index contributed by atoms with van der Waals surface area (Å²) in [7, 11) is 0. The Labute approximate surface area is 123 Å². The summed E-state index contributed by atoms with van der Waals surface area (Å²) in [6.07, 6.45) is 5.74. The zero-order valence-electron chi connectivity index (χ0n) is 11.8. The molecule has 0 saturated heterocycles. The molecule has 5 nitrogen and oxygen atoms in total. The first-order chi connectivity index (χ1) is 10.3. The predicted octanol–water partition coefficient (Wildman–Crippen LogP) is 1.92. The molecule has 1 aliphatic carbocycles. The SMILES string of the molecule is N#Cc1c(NCCO)[nH+]c(-c2ccco2)c2c1CCCC2. The van der Waals surface area contributed by atoms with Crippen molar-refractivity contribution in [2.75, 3.05) is 18.5 Å². The fourth-order valence-electron chi connectivity index (χ4n) is 2.94. The second-order valence-corrected chi connectivity index (χ2v) is 5.15. The molecule has 0 aliphatic heterocycles. The average Bonchev–Trinajstić information content (AvgIpc) is 3.06. The van der Waals surface area contributed by atoms with Crippen molar-refractivity contribution in [1.29, 1.82) is 5.26 Å². The molecule has 21 heavy (non-hydrogen) atoms. The summed E-state index contributed by atoms with van der Waals surface area (Å²) in [5, 5.41) is 21.6. The van der Waals surface area contributed by atoms with E-state index in [1.807, 2.05) is 12.1 Å². The van der Waals surface area contributed by atoms with Crippen molar-refractivity contribution in [2.24, 2.45) is 0 Å². The molecule has 0 bridgehead atoms. The Morgan fingerprint density at radius 2 is 2.14 bits per heavy atom. The summed E-state index contributed by atoms with van der Waals surface area (Å²) in [4.78, 5) is 3.29. The number of furan rings is 1. The molecule has 2 heterocycles. The minimum absolute atomic E-state index is 0.0197. The van der Waals surface area contributed by atoms with Crippen molar-refractivity contribution in [1.82, 2.24) is 0 Å². The summed E-state index contributed by atoms with van der Waals surface area (Å²) in [6.45, 7) is 0.424. The fraction of sp³-hybridized carbons (Fsp3) is 0.375. The first-order valence-electron chi connectivity index (χ1n) is 7.25. The minimum atomic E-state index is 0.0197. The van der Waals surface area contributed by atoms with Crippen molar-refractivity contribution < 1.29 is 14.5 Å². The number of H-pyrrole nitrogens is 1. The van der Waals surface area contributed by atoms with Gasteiger partial charge in [-0.25, -0.2) is 4.98 Å². The van der Waals surface area contributed by atoms with Gasteiger partial charge in [0.15, 0.2) is 11.5 Å². The van der Waals surface area contributed by atoms with E-state index in [9.17, 15) is 5.26 Å². The molecule has 0 spiro atoms. The standard InChI is InChI=1S/C16H17N3O2/c17-10-13-11-4-1-2-5-12(11)15(14-6-3-9-21-14)19-16(13)18-7-8-20/h3,6,9,20H,1-2,4-5,7-8H2,(H,18,19)/p+1. The van der Waals surface area contributed by atoms with Gasteiger partial charge in [0.05, 0.1) is 12.9 Å². The first-order valence-corrected chi connectivity index (χ1v) is 7.25. The third kappa shape index (κ3) is 2.50. The second-order valence-electron chi connectivity index (χ2n) is 5.15. The van der Waals surface area contributed by atoms with Crippen LogP contribution in [0.2, 0.25) is 0 Å². The maximum atomic E-state index is 9.50. The van der Waals surface area contributed by atoms with Crippen LogP contribution in [0.25, 0.3) is 11.5 Å². The van der Waals surface area contributed by atoms with Gasteiger partial charge >= 0.3 is 0 Å². The van der Waals surface area contributed by atoms with Crippen molar-refractivity contribution in [3.63, 3.8) is 0 Å². The normalized spacial score (nSPS) is 13.5. The summed E-state index contributed by atoms with van der Waals surface area (Å²) in [5.41, 5.74) is 3.89. The van der Waals surface area contributed by atoms with E-state index in [0.717, 1.165) is 42.7 Å². The molecule has 108 valence electrons. The number of aromatic nitrogens is 1. The lowest BCUT2D eigenvalue weighted by Gasteiger charge is -2.19. The van der Waals surface area contributed by atoms with Gasteiger partial charge in [0.25, 0.3) is 5.82 Å². The smallest absolute Gasteiger partial charge is 0.291 e. The van der Waals surface area contributed by atoms with Crippen molar-refractivity contribution >= 4 is 5.82 Å². The van der Waals surface area contributed by atoms with Gasteiger partial charge in [-0.05, 0) is 43.4 Å². The number of nitrogens with one attached hydrogen (secondary N) is 2. The molecule has 0 unspecified atom stereocenters. The van der Waals surface area contributed by atoms with Crippen LogP contribution in [-0.2, 0) is 12.8 Å². The molecule has 2 aromatic rings. The third-order valence-electron chi connectivity index (χ3n) is 3.86. The summed E-state index contributed by atoms with van der Waals surface area (Å²) in [6, 6.07) is 6.08. The topological polar surface area (TPSA) is 83.3 Å². The maximum absolute atomic E-state index is 9.50. The highest BCUT2D eigenvalue weighted by molar-refractivity contribution is 5.64. The van der Waals surface area contributed by atoms with Crippen molar-refractivity contribution in [3.05, 3.63) is 35.1 Å². The number of pyridine rings is 1. The Morgan fingerprint density at radius 1 is 1.33 bits per heavy atom. The summed E-state index contributed by atoms with van der Waals surface area (Å²) in [5.74, 6) is 1.45. The monoisotopic (exact) mass is 284 g/mol. The number of nitriles is 1. The molecule has 0 amide bonds. The van der Waals surface area contributed by atoms with E-state index in [0.29, 0.717) is 17.9 Å². The minimum Gasteiger partial charge on any atom is -0.461 e. The van der Waals surface area contributed by atoms with Gasteiger partial charge in [0.1, 0.15) is 18.2 Å². The van der Waals surface area contributed by atoms with Crippen molar-refractivity contribution in [3.8, 4) is 17.5 Å². The van der Waals surface area contributed by atoms with Crippen LogP contribution in [0.15, 0.2) is 22.8 Å².